The third kappa shape index (κ3) is 9.89. The molecule has 0 spiro atoms. The number of benzene rings is 1. The highest BCUT2D eigenvalue weighted by atomic mass is 16.5. The number of nitrogens with zero attached hydrogens (tertiary/aromatic N) is 2. The molecule has 1 aromatic rings. The SMILES string of the molecule is CC(C)(C)OC=O.CN(C)CC(=O)N[C@H](C(=O)N1CC(N)C[C@H]1C(=O)NC1CCCc2ccccc21)C(C)(C)C. The molecule has 40 heavy (non-hydrogen) atoms. The topological polar surface area (TPSA) is 134 Å². The molecule has 1 heterocycles. The van der Waals surface area contributed by atoms with Gasteiger partial charge in [0, 0.05) is 12.6 Å². The van der Waals surface area contributed by atoms with Gasteiger partial charge in [-0.2, -0.15) is 0 Å². The molecule has 1 aromatic carbocycles. The first-order valence-corrected chi connectivity index (χ1v) is 14.0. The molecule has 3 amide bonds. The van der Waals surface area contributed by atoms with Crippen LogP contribution in [0.15, 0.2) is 24.3 Å². The van der Waals surface area contributed by atoms with Crippen molar-refractivity contribution in [2.24, 2.45) is 11.1 Å². The Bertz CT molecular complexity index is 1030. The van der Waals surface area contributed by atoms with Crippen molar-refractivity contribution >= 4 is 24.2 Å². The Morgan fingerprint density at radius 2 is 1.80 bits per heavy atom. The van der Waals surface area contributed by atoms with Gasteiger partial charge in [0.05, 0.1) is 12.6 Å². The van der Waals surface area contributed by atoms with Crippen LogP contribution in [0.3, 0.4) is 0 Å². The summed E-state index contributed by atoms with van der Waals surface area (Å²) < 4.78 is 4.55. The summed E-state index contributed by atoms with van der Waals surface area (Å²) in [7, 11) is 3.60. The van der Waals surface area contributed by atoms with Crippen molar-refractivity contribution in [3.05, 3.63) is 35.4 Å². The minimum absolute atomic E-state index is 0.0607. The predicted molar refractivity (Wildman–Crippen MR) is 155 cm³/mol. The Kier molecular flexibility index (Phi) is 11.7. The molecule has 1 saturated heterocycles. The minimum atomic E-state index is -0.749. The standard InChI is InChI=1S/C25H39N5O3.C5H10O2/c1-25(2,3)22(28-21(31)15-29(4)5)24(33)30-14-17(26)13-20(30)23(32)27-19-12-8-10-16-9-6-7-11-18(16)19;1-5(2,3)7-4-6/h6-7,9,11,17,19-20,22H,8,10,12-15,26H2,1-5H3,(H,27,32)(H,28,31);4H,1-3H3/t17?,19?,20-,22+;/m0./s1. The number of rotatable bonds is 7. The van der Waals surface area contributed by atoms with E-state index in [0.717, 1.165) is 24.8 Å². The van der Waals surface area contributed by atoms with Gasteiger partial charge in [0.1, 0.15) is 17.7 Å². The molecule has 224 valence electrons. The number of amides is 3. The van der Waals surface area contributed by atoms with E-state index in [9.17, 15) is 19.2 Å². The average molecular weight is 560 g/mol. The first-order valence-electron chi connectivity index (χ1n) is 14.0. The van der Waals surface area contributed by atoms with Crippen LogP contribution in [0.25, 0.3) is 0 Å². The monoisotopic (exact) mass is 559 g/mol. The highest BCUT2D eigenvalue weighted by Gasteiger charge is 2.44. The number of carbonyl (C=O) groups excluding carboxylic acids is 4. The van der Waals surface area contributed by atoms with E-state index in [0.29, 0.717) is 19.4 Å². The molecular formula is C30H49N5O5. The maximum absolute atomic E-state index is 13.6. The second kappa shape index (κ2) is 14.1. The fourth-order valence-corrected chi connectivity index (χ4v) is 4.99. The van der Waals surface area contributed by atoms with Crippen molar-refractivity contribution in [3.63, 3.8) is 0 Å². The number of likely N-dealkylation sites (N-methyl/N-ethyl adjacent to an activating group) is 1. The molecule has 1 aliphatic carbocycles. The van der Waals surface area contributed by atoms with E-state index in [-0.39, 0.29) is 42.0 Å². The zero-order chi connectivity index (χ0) is 30.3. The van der Waals surface area contributed by atoms with Crippen molar-refractivity contribution in [2.45, 2.75) is 97.0 Å². The van der Waals surface area contributed by atoms with Gasteiger partial charge < -0.3 is 30.9 Å². The zero-order valence-corrected chi connectivity index (χ0v) is 25.5. The third-order valence-corrected chi connectivity index (χ3v) is 6.88. The Labute approximate surface area is 239 Å². The summed E-state index contributed by atoms with van der Waals surface area (Å²) in [5, 5.41) is 6.07. The lowest BCUT2D eigenvalue weighted by atomic mass is 9.85. The number of nitrogens with two attached hydrogens (primary N) is 1. The molecule has 3 rings (SSSR count). The molecule has 0 bridgehead atoms. The van der Waals surface area contributed by atoms with Gasteiger partial charge >= 0.3 is 0 Å². The van der Waals surface area contributed by atoms with E-state index in [1.165, 1.54) is 5.56 Å². The number of aryl methyl sites for hydroxylation is 1. The number of hydrogen-bond acceptors (Lipinski definition) is 7. The summed E-state index contributed by atoms with van der Waals surface area (Å²) in [5.74, 6) is -0.659. The van der Waals surface area contributed by atoms with E-state index < -0.39 is 17.5 Å². The number of likely N-dealkylation sites (tertiary alicyclic amines) is 1. The molecule has 1 fully saturated rings. The number of fused-ring (bicyclic) bond motifs is 1. The van der Waals surface area contributed by atoms with Crippen LogP contribution in [-0.2, 0) is 30.3 Å². The molecule has 4 atom stereocenters. The summed E-state index contributed by atoms with van der Waals surface area (Å²) in [6.45, 7) is 12.1. The molecular weight excluding hydrogens is 510 g/mol. The van der Waals surface area contributed by atoms with Gasteiger partial charge in [-0.1, -0.05) is 45.0 Å². The molecule has 1 aliphatic heterocycles. The minimum Gasteiger partial charge on any atom is -0.462 e. The number of ether oxygens (including phenoxy) is 1. The smallest absolute Gasteiger partial charge is 0.293 e. The van der Waals surface area contributed by atoms with Crippen LogP contribution in [-0.4, -0.2) is 84.9 Å². The molecule has 2 aliphatic rings. The second-order valence-electron chi connectivity index (χ2n) is 13.1. The number of nitrogens with one attached hydrogen (secondary N) is 2. The Balaban J connectivity index is 0.000000708. The summed E-state index contributed by atoms with van der Waals surface area (Å²) in [6.07, 6.45) is 3.31. The Morgan fingerprint density at radius 1 is 1.15 bits per heavy atom. The normalized spacial score (nSPS) is 21.4. The number of hydrogen-bond donors (Lipinski definition) is 3. The lowest BCUT2D eigenvalue weighted by molar-refractivity contribution is -0.144. The zero-order valence-electron chi connectivity index (χ0n) is 25.5. The van der Waals surface area contributed by atoms with Crippen LogP contribution in [0.4, 0.5) is 0 Å². The van der Waals surface area contributed by atoms with Crippen LogP contribution >= 0.6 is 0 Å². The quantitative estimate of drug-likeness (QED) is 0.436. The molecule has 4 N–H and O–H groups in total. The summed E-state index contributed by atoms with van der Waals surface area (Å²) >= 11 is 0. The van der Waals surface area contributed by atoms with Crippen molar-refractivity contribution in [1.82, 2.24) is 20.4 Å². The van der Waals surface area contributed by atoms with Crippen molar-refractivity contribution < 1.29 is 23.9 Å². The fourth-order valence-electron chi connectivity index (χ4n) is 4.99. The maximum Gasteiger partial charge on any atom is 0.293 e. The van der Waals surface area contributed by atoms with E-state index in [4.69, 9.17) is 5.73 Å². The molecule has 0 aromatic heterocycles. The van der Waals surface area contributed by atoms with Gasteiger partial charge in [-0.15, -0.1) is 0 Å². The van der Waals surface area contributed by atoms with Crippen LogP contribution in [0, 0.1) is 5.41 Å². The molecule has 0 radical (unpaired) electrons. The first-order chi connectivity index (χ1) is 18.5. The van der Waals surface area contributed by atoms with E-state index >= 15 is 0 Å². The fraction of sp³-hybridized carbons (Fsp3) is 0.667. The lowest BCUT2D eigenvalue weighted by Crippen LogP contribution is -2.58. The molecule has 0 saturated carbocycles. The van der Waals surface area contributed by atoms with Crippen LogP contribution < -0.4 is 16.4 Å². The van der Waals surface area contributed by atoms with Gasteiger partial charge in [0.2, 0.25) is 17.7 Å². The highest BCUT2D eigenvalue weighted by Crippen LogP contribution is 2.31. The van der Waals surface area contributed by atoms with Crippen LogP contribution in [0.2, 0.25) is 0 Å². The van der Waals surface area contributed by atoms with Crippen LogP contribution in [0.1, 0.15) is 78.0 Å². The van der Waals surface area contributed by atoms with Crippen LogP contribution in [0.5, 0.6) is 0 Å². The van der Waals surface area contributed by atoms with Crippen molar-refractivity contribution in [2.75, 3.05) is 27.2 Å². The predicted octanol–water partition coefficient (Wildman–Crippen LogP) is 2.16. The van der Waals surface area contributed by atoms with Crippen molar-refractivity contribution in [1.29, 1.82) is 0 Å². The largest absolute Gasteiger partial charge is 0.462 e. The van der Waals surface area contributed by atoms with E-state index in [1.54, 1.807) is 23.9 Å². The first kappa shape index (κ1) is 33.2. The Hall–Kier alpha value is -2.98. The highest BCUT2D eigenvalue weighted by molar-refractivity contribution is 5.93. The van der Waals surface area contributed by atoms with E-state index in [2.05, 4.69) is 27.5 Å². The van der Waals surface area contributed by atoms with E-state index in [1.807, 2.05) is 53.7 Å². The average Bonchev–Trinajstić information content (AvgIpc) is 3.23. The van der Waals surface area contributed by atoms with Gasteiger partial charge in [0.25, 0.3) is 6.47 Å². The molecule has 10 nitrogen and oxygen atoms in total. The lowest BCUT2D eigenvalue weighted by Gasteiger charge is -2.36. The maximum atomic E-state index is 13.6. The van der Waals surface area contributed by atoms with Gasteiger partial charge in [-0.3, -0.25) is 19.2 Å². The molecule has 2 unspecified atom stereocenters. The summed E-state index contributed by atoms with van der Waals surface area (Å²) in [4.78, 5) is 52.4. The molecule has 10 heteroatoms. The van der Waals surface area contributed by atoms with Gasteiger partial charge in [-0.05, 0) is 77.1 Å². The summed E-state index contributed by atoms with van der Waals surface area (Å²) in [5.41, 5.74) is 7.79. The second-order valence-corrected chi connectivity index (χ2v) is 13.1. The van der Waals surface area contributed by atoms with Crippen molar-refractivity contribution in [3.8, 4) is 0 Å². The third-order valence-electron chi connectivity index (χ3n) is 6.88. The number of carbonyl (C=O) groups is 4. The summed E-state index contributed by atoms with van der Waals surface area (Å²) in [6, 6.07) is 6.47. The Morgan fingerprint density at radius 3 is 2.35 bits per heavy atom. The van der Waals surface area contributed by atoms with Gasteiger partial charge in [0.15, 0.2) is 0 Å². The van der Waals surface area contributed by atoms with Gasteiger partial charge in [-0.25, -0.2) is 0 Å².